The Kier molecular flexibility index (Phi) is 2.80. The van der Waals surface area contributed by atoms with Crippen LogP contribution in [0.5, 0.6) is 0 Å². The molecule has 0 heterocycles. The topological polar surface area (TPSA) is 60.2 Å². The molecule has 88 valence electrons. The molecule has 1 aliphatic carbocycles. The zero-order chi connectivity index (χ0) is 11.9. The van der Waals surface area contributed by atoms with Crippen molar-refractivity contribution in [2.24, 2.45) is 5.73 Å². The number of rotatable bonds is 3. The van der Waals surface area contributed by atoms with Gasteiger partial charge in [-0.2, -0.15) is 0 Å². The van der Waals surface area contributed by atoms with E-state index in [-0.39, 0.29) is 17.2 Å². The van der Waals surface area contributed by atoms with Gasteiger partial charge in [0, 0.05) is 18.2 Å². The zero-order valence-electron chi connectivity index (χ0n) is 9.55. The van der Waals surface area contributed by atoms with E-state index >= 15 is 0 Å². The van der Waals surface area contributed by atoms with Crippen molar-refractivity contribution >= 4 is 9.84 Å². The lowest BCUT2D eigenvalue weighted by molar-refractivity contribution is 0.599. The second kappa shape index (κ2) is 3.86. The van der Waals surface area contributed by atoms with Crippen molar-refractivity contribution in [3.05, 3.63) is 35.4 Å². The highest BCUT2D eigenvalue weighted by Crippen LogP contribution is 2.44. The first-order valence-corrected chi connectivity index (χ1v) is 7.44. The maximum absolute atomic E-state index is 11.4. The zero-order valence-corrected chi connectivity index (χ0v) is 10.4. The monoisotopic (exact) mass is 239 g/mol. The van der Waals surface area contributed by atoms with Crippen molar-refractivity contribution in [1.82, 2.24) is 0 Å². The molecule has 1 saturated carbocycles. The van der Waals surface area contributed by atoms with Gasteiger partial charge < -0.3 is 5.73 Å². The van der Waals surface area contributed by atoms with Crippen LogP contribution in [0.4, 0.5) is 0 Å². The van der Waals surface area contributed by atoms with Gasteiger partial charge in [-0.05, 0) is 17.5 Å². The Morgan fingerprint density at radius 2 is 1.81 bits per heavy atom. The molecule has 3 atom stereocenters. The van der Waals surface area contributed by atoms with Gasteiger partial charge in [0.05, 0.1) is 5.25 Å². The van der Waals surface area contributed by atoms with E-state index in [1.165, 1.54) is 11.8 Å². The van der Waals surface area contributed by atoms with Crippen LogP contribution >= 0.6 is 0 Å². The Labute approximate surface area is 96.6 Å². The molecule has 2 N–H and O–H groups in total. The molecule has 2 rings (SSSR count). The van der Waals surface area contributed by atoms with Gasteiger partial charge in [0.2, 0.25) is 0 Å². The molecule has 1 aromatic carbocycles. The fourth-order valence-electron chi connectivity index (χ4n) is 2.24. The summed E-state index contributed by atoms with van der Waals surface area (Å²) in [4.78, 5) is 0. The van der Waals surface area contributed by atoms with Crippen molar-refractivity contribution in [2.45, 2.75) is 30.6 Å². The summed E-state index contributed by atoms with van der Waals surface area (Å²) in [5.41, 5.74) is 8.12. The lowest BCUT2D eigenvalue weighted by Crippen LogP contribution is -2.13. The van der Waals surface area contributed by atoms with Gasteiger partial charge in [0.15, 0.2) is 9.84 Å². The van der Waals surface area contributed by atoms with Crippen molar-refractivity contribution in [2.75, 3.05) is 6.26 Å². The second-order valence-electron chi connectivity index (χ2n) is 4.49. The van der Waals surface area contributed by atoms with E-state index in [1.807, 2.05) is 24.3 Å². The van der Waals surface area contributed by atoms with Gasteiger partial charge in [0.25, 0.3) is 0 Å². The number of hydrogen-bond acceptors (Lipinski definition) is 3. The maximum atomic E-state index is 11.4. The molecule has 0 radical (unpaired) electrons. The van der Waals surface area contributed by atoms with Crippen LogP contribution in [-0.2, 0) is 16.3 Å². The van der Waals surface area contributed by atoms with Gasteiger partial charge in [-0.25, -0.2) is 8.42 Å². The van der Waals surface area contributed by atoms with Crippen LogP contribution in [0.15, 0.2) is 24.3 Å². The Balaban J connectivity index is 2.21. The summed E-state index contributed by atoms with van der Waals surface area (Å²) in [6, 6.07) is 7.84. The molecule has 1 aromatic rings. The minimum absolute atomic E-state index is 0.0130. The molecule has 16 heavy (non-hydrogen) atoms. The Hall–Kier alpha value is -0.870. The summed E-state index contributed by atoms with van der Waals surface area (Å²) in [6.45, 7) is 2.09. The third-order valence-corrected chi connectivity index (χ3v) is 4.87. The second-order valence-corrected chi connectivity index (χ2v) is 6.70. The molecule has 0 aromatic heterocycles. The molecule has 1 aliphatic rings. The van der Waals surface area contributed by atoms with Crippen molar-refractivity contribution in [3.8, 4) is 0 Å². The number of sulfone groups is 1. The molecule has 0 amide bonds. The predicted molar refractivity (Wildman–Crippen MR) is 65.2 cm³/mol. The molecular formula is C12H17NO2S. The minimum atomic E-state index is -3.02. The van der Waals surface area contributed by atoms with E-state index in [9.17, 15) is 8.42 Å². The Morgan fingerprint density at radius 3 is 2.19 bits per heavy atom. The largest absolute Gasteiger partial charge is 0.326 e. The quantitative estimate of drug-likeness (QED) is 0.859. The van der Waals surface area contributed by atoms with E-state index in [0.717, 1.165) is 12.0 Å². The number of nitrogens with two attached hydrogens (primary N) is 1. The summed E-state index contributed by atoms with van der Waals surface area (Å²) >= 11 is 0. The van der Waals surface area contributed by atoms with Gasteiger partial charge in [-0.1, -0.05) is 31.2 Å². The number of aryl methyl sites for hydroxylation is 1. The van der Waals surface area contributed by atoms with E-state index in [2.05, 4.69) is 6.92 Å². The molecular weight excluding hydrogens is 222 g/mol. The SMILES string of the molecule is CCc1ccc([C@@H]2[C@H](N)[C@@H]2S(C)(=O)=O)cc1. The van der Waals surface area contributed by atoms with Crippen LogP contribution in [0, 0.1) is 0 Å². The third-order valence-electron chi connectivity index (χ3n) is 3.27. The summed E-state index contributed by atoms with van der Waals surface area (Å²) in [5.74, 6) is -0.0130. The van der Waals surface area contributed by atoms with E-state index in [0.29, 0.717) is 0 Å². The van der Waals surface area contributed by atoms with Gasteiger partial charge in [-0.3, -0.25) is 0 Å². The number of benzene rings is 1. The lowest BCUT2D eigenvalue weighted by atomic mass is 10.1. The van der Waals surface area contributed by atoms with E-state index < -0.39 is 9.84 Å². The molecule has 0 unspecified atom stereocenters. The Bertz CT molecular complexity index is 478. The van der Waals surface area contributed by atoms with Crippen molar-refractivity contribution in [3.63, 3.8) is 0 Å². The van der Waals surface area contributed by atoms with Crippen LogP contribution in [0.1, 0.15) is 24.0 Å². The van der Waals surface area contributed by atoms with Crippen LogP contribution in [0.2, 0.25) is 0 Å². The van der Waals surface area contributed by atoms with Crippen LogP contribution in [0.3, 0.4) is 0 Å². The smallest absolute Gasteiger partial charge is 0.152 e. The van der Waals surface area contributed by atoms with Crippen molar-refractivity contribution in [1.29, 1.82) is 0 Å². The maximum Gasteiger partial charge on any atom is 0.152 e. The summed E-state index contributed by atoms with van der Waals surface area (Å²) in [7, 11) is -3.02. The minimum Gasteiger partial charge on any atom is -0.326 e. The number of hydrogen-bond donors (Lipinski definition) is 1. The summed E-state index contributed by atoms with van der Waals surface area (Å²) in [5, 5.41) is -0.389. The van der Waals surface area contributed by atoms with Gasteiger partial charge >= 0.3 is 0 Å². The molecule has 3 nitrogen and oxygen atoms in total. The molecule has 0 bridgehead atoms. The van der Waals surface area contributed by atoms with Crippen molar-refractivity contribution < 1.29 is 8.42 Å². The van der Waals surface area contributed by atoms with E-state index in [1.54, 1.807) is 0 Å². The molecule has 0 spiro atoms. The molecule has 1 fully saturated rings. The fraction of sp³-hybridized carbons (Fsp3) is 0.500. The first-order chi connectivity index (χ1) is 7.45. The highest BCUT2D eigenvalue weighted by Gasteiger charge is 2.54. The molecule has 0 saturated heterocycles. The normalized spacial score (nSPS) is 29.1. The Morgan fingerprint density at radius 1 is 1.25 bits per heavy atom. The van der Waals surface area contributed by atoms with Gasteiger partial charge in [0.1, 0.15) is 0 Å². The third kappa shape index (κ3) is 1.99. The first-order valence-electron chi connectivity index (χ1n) is 5.48. The highest BCUT2D eigenvalue weighted by atomic mass is 32.2. The van der Waals surface area contributed by atoms with Crippen LogP contribution < -0.4 is 5.73 Å². The highest BCUT2D eigenvalue weighted by molar-refractivity contribution is 7.91. The lowest BCUT2D eigenvalue weighted by Gasteiger charge is -2.01. The van der Waals surface area contributed by atoms with Gasteiger partial charge in [-0.15, -0.1) is 0 Å². The first kappa shape index (κ1) is 11.6. The van der Waals surface area contributed by atoms with Crippen LogP contribution in [-0.4, -0.2) is 26.0 Å². The van der Waals surface area contributed by atoms with Crippen LogP contribution in [0.25, 0.3) is 0 Å². The standard InChI is InChI=1S/C12H17NO2S/c1-3-8-4-6-9(7-5-8)10-11(13)12(10)16(2,14)15/h4-7,10-12H,3,13H2,1-2H3/t10-,11+,12-/m1/s1. The predicted octanol–water partition coefficient (Wildman–Crippen LogP) is 1.09. The molecule has 4 heteroatoms. The summed E-state index contributed by atoms with van der Waals surface area (Å²) < 4.78 is 22.9. The summed E-state index contributed by atoms with van der Waals surface area (Å²) in [6.07, 6.45) is 2.25. The fourth-order valence-corrected chi connectivity index (χ4v) is 3.77. The molecule has 0 aliphatic heterocycles. The average molecular weight is 239 g/mol. The van der Waals surface area contributed by atoms with E-state index in [4.69, 9.17) is 5.73 Å². The average Bonchev–Trinajstić information content (AvgIpc) is 2.90.